The van der Waals surface area contributed by atoms with Gasteiger partial charge in [-0.25, -0.2) is 9.37 Å². The van der Waals surface area contributed by atoms with E-state index >= 15 is 0 Å². The molecule has 1 aromatic rings. The van der Waals surface area contributed by atoms with Gasteiger partial charge in [-0.15, -0.1) is 0 Å². The molecule has 1 heterocycles. The van der Waals surface area contributed by atoms with Crippen LogP contribution in [0.2, 0.25) is 5.28 Å². The zero-order valence-corrected chi connectivity index (χ0v) is 5.48. The van der Waals surface area contributed by atoms with Gasteiger partial charge >= 0.3 is 0 Å². The maximum Gasteiger partial charge on any atom is 0.224 e. The minimum atomic E-state index is -2.50. The third kappa shape index (κ3) is 1.33. The van der Waals surface area contributed by atoms with Gasteiger partial charge in [-0.1, -0.05) is 0 Å². The third-order valence-corrected chi connectivity index (χ3v) is 1.02. The Hall–Kier alpha value is -0.900. The molecular formula is C5H5ClFN3. The van der Waals surface area contributed by atoms with E-state index in [1.807, 2.05) is 5.32 Å². The molecule has 0 atom stereocenters. The highest BCUT2D eigenvalue weighted by molar-refractivity contribution is 6.28. The van der Waals surface area contributed by atoms with Crippen LogP contribution in [0.1, 0.15) is 4.11 Å². The molecule has 0 bridgehead atoms. The molecular weight excluding hydrogens is 157 g/mol. The largest absolute Gasteiger partial charge is 0.371 e. The Morgan fingerprint density at radius 3 is 3.40 bits per heavy atom. The van der Waals surface area contributed by atoms with Crippen LogP contribution in [-0.2, 0) is 0 Å². The van der Waals surface area contributed by atoms with Crippen molar-refractivity contribution in [3.63, 3.8) is 0 Å². The van der Waals surface area contributed by atoms with Crippen molar-refractivity contribution in [3.8, 4) is 0 Å². The lowest BCUT2D eigenvalue weighted by molar-refractivity contribution is 0.618. The van der Waals surface area contributed by atoms with Gasteiger partial charge < -0.3 is 5.32 Å². The standard InChI is InChI=1S/C5H5ClFN3/c1-8-4-3(7)2-9-5(6)10-4/h2H,1H3,(H,8,9,10)/i1D3. The van der Waals surface area contributed by atoms with Crippen LogP contribution in [0.3, 0.4) is 0 Å². The summed E-state index contributed by atoms with van der Waals surface area (Å²) in [5.74, 6) is -1.29. The van der Waals surface area contributed by atoms with Crippen molar-refractivity contribution < 1.29 is 8.50 Å². The summed E-state index contributed by atoms with van der Waals surface area (Å²) in [4.78, 5) is 6.69. The fourth-order valence-electron chi connectivity index (χ4n) is 0.433. The summed E-state index contributed by atoms with van der Waals surface area (Å²) in [5, 5.41) is 1.67. The molecule has 0 fully saturated rings. The van der Waals surface area contributed by atoms with Crippen molar-refractivity contribution in [3.05, 3.63) is 17.3 Å². The highest BCUT2D eigenvalue weighted by atomic mass is 35.5. The van der Waals surface area contributed by atoms with E-state index in [-0.39, 0.29) is 5.28 Å². The second-order valence-electron chi connectivity index (χ2n) is 1.46. The average Bonchev–Trinajstić information content (AvgIpc) is 1.94. The normalized spacial score (nSPS) is 15.2. The van der Waals surface area contributed by atoms with Crippen LogP contribution in [0.5, 0.6) is 0 Å². The van der Waals surface area contributed by atoms with Crippen molar-refractivity contribution in [2.45, 2.75) is 0 Å². The zero-order chi connectivity index (χ0) is 10.1. The van der Waals surface area contributed by atoms with Crippen LogP contribution in [-0.4, -0.2) is 16.9 Å². The molecule has 0 aliphatic heterocycles. The first-order valence-electron chi connectivity index (χ1n) is 3.85. The van der Waals surface area contributed by atoms with Crippen LogP contribution in [0.25, 0.3) is 0 Å². The van der Waals surface area contributed by atoms with Gasteiger partial charge in [-0.2, -0.15) is 4.98 Å². The van der Waals surface area contributed by atoms with Crippen LogP contribution in [0, 0.1) is 5.82 Å². The van der Waals surface area contributed by atoms with E-state index in [1.165, 1.54) is 0 Å². The maximum absolute atomic E-state index is 12.8. The highest BCUT2D eigenvalue weighted by Crippen LogP contribution is 2.10. The number of hydrogen-bond acceptors (Lipinski definition) is 3. The summed E-state index contributed by atoms with van der Waals surface area (Å²) < 4.78 is 33.2. The second kappa shape index (κ2) is 2.79. The van der Waals surface area contributed by atoms with E-state index in [9.17, 15) is 4.39 Å². The first-order valence-corrected chi connectivity index (χ1v) is 2.72. The quantitative estimate of drug-likeness (QED) is 0.636. The molecule has 0 aliphatic rings. The predicted octanol–water partition coefficient (Wildman–Crippen LogP) is 1.31. The molecule has 0 aromatic carbocycles. The molecule has 0 saturated carbocycles. The number of halogens is 2. The van der Waals surface area contributed by atoms with Crippen molar-refractivity contribution in [2.24, 2.45) is 0 Å². The van der Waals surface area contributed by atoms with E-state index in [0.717, 1.165) is 6.20 Å². The Labute approximate surface area is 66.5 Å². The molecule has 10 heavy (non-hydrogen) atoms. The lowest BCUT2D eigenvalue weighted by Crippen LogP contribution is -1.97. The maximum atomic E-state index is 12.8. The topological polar surface area (TPSA) is 37.8 Å². The fraction of sp³-hybridized carbons (Fsp3) is 0.200. The number of anilines is 1. The van der Waals surface area contributed by atoms with Gasteiger partial charge in [0.15, 0.2) is 11.6 Å². The van der Waals surface area contributed by atoms with Crippen LogP contribution in [0.4, 0.5) is 10.2 Å². The molecule has 54 valence electrons. The lowest BCUT2D eigenvalue weighted by Gasteiger charge is -1.98. The third-order valence-electron chi connectivity index (χ3n) is 0.833. The van der Waals surface area contributed by atoms with Crippen molar-refractivity contribution in [1.29, 1.82) is 0 Å². The Balaban J connectivity index is 2.94. The first-order chi connectivity index (χ1) is 5.88. The molecule has 0 saturated heterocycles. The van der Waals surface area contributed by atoms with Crippen molar-refractivity contribution in [2.75, 3.05) is 12.3 Å². The minimum absolute atomic E-state index is 0.215. The molecule has 1 N–H and O–H groups in total. The van der Waals surface area contributed by atoms with Gasteiger partial charge in [0.25, 0.3) is 0 Å². The molecule has 3 nitrogen and oxygen atoms in total. The van der Waals surface area contributed by atoms with E-state index < -0.39 is 18.6 Å². The number of hydrogen-bond donors (Lipinski definition) is 1. The average molecular weight is 165 g/mol. The van der Waals surface area contributed by atoms with Gasteiger partial charge in [-0.05, 0) is 11.6 Å². The smallest absolute Gasteiger partial charge is 0.224 e. The fourth-order valence-corrected chi connectivity index (χ4v) is 0.567. The Kier molecular flexibility index (Phi) is 1.14. The van der Waals surface area contributed by atoms with Crippen molar-refractivity contribution in [1.82, 2.24) is 9.97 Å². The molecule has 0 aliphatic carbocycles. The number of rotatable bonds is 1. The van der Waals surface area contributed by atoms with Crippen LogP contribution in [0.15, 0.2) is 6.20 Å². The molecule has 1 aromatic heterocycles. The van der Waals surface area contributed by atoms with Crippen LogP contribution >= 0.6 is 11.6 Å². The van der Waals surface area contributed by atoms with Gasteiger partial charge in [-0.3, -0.25) is 0 Å². The second-order valence-corrected chi connectivity index (χ2v) is 1.80. The highest BCUT2D eigenvalue weighted by Gasteiger charge is 2.01. The first kappa shape index (κ1) is 4.08. The van der Waals surface area contributed by atoms with E-state index in [2.05, 4.69) is 9.97 Å². The summed E-state index contributed by atoms with van der Waals surface area (Å²) in [6.07, 6.45) is 0.795. The number of aromatic nitrogens is 2. The summed E-state index contributed by atoms with van der Waals surface area (Å²) in [7, 11) is 0. The summed E-state index contributed by atoms with van der Waals surface area (Å²) >= 11 is 5.33. The molecule has 5 heteroatoms. The summed E-state index contributed by atoms with van der Waals surface area (Å²) in [6.45, 7) is -2.50. The van der Waals surface area contributed by atoms with Crippen LogP contribution < -0.4 is 5.32 Å². The zero-order valence-electron chi connectivity index (χ0n) is 7.73. The van der Waals surface area contributed by atoms with Gasteiger partial charge in [0.1, 0.15) is 0 Å². The summed E-state index contributed by atoms with van der Waals surface area (Å²) in [5.41, 5.74) is 0. The minimum Gasteiger partial charge on any atom is -0.371 e. The predicted molar refractivity (Wildman–Crippen MR) is 36.5 cm³/mol. The SMILES string of the molecule is [2H]C([2H])([2H])Nc1nc(Cl)ncc1F. The monoisotopic (exact) mass is 164 g/mol. The van der Waals surface area contributed by atoms with E-state index in [0.29, 0.717) is 0 Å². The van der Waals surface area contributed by atoms with Gasteiger partial charge in [0, 0.05) is 11.1 Å². The van der Waals surface area contributed by atoms with Gasteiger partial charge in [0.2, 0.25) is 5.28 Å². The summed E-state index contributed by atoms with van der Waals surface area (Å²) in [6, 6.07) is 0. The molecule has 0 unspecified atom stereocenters. The Morgan fingerprint density at radius 1 is 1.90 bits per heavy atom. The molecule has 0 spiro atoms. The number of nitrogens with zero attached hydrogens (tertiary/aromatic N) is 2. The van der Waals surface area contributed by atoms with E-state index in [4.69, 9.17) is 15.7 Å². The van der Waals surface area contributed by atoms with Gasteiger partial charge in [0.05, 0.1) is 6.20 Å². The van der Waals surface area contributed by atoms with Crippen molar-refractivity contribution >= 4 is 17.4 Å². The molecule has 1 rings (SSSR count). The number of nitrogens with one attached hydrogen (secondary N) is 1. The Morgan fingerprint density at radius 2 is 2.70 bits per heavy atom. The lowest BCUT2D eigenvalue weighted by atomic mass is 10.5. The molecule has 0 amide bonds. The molecule has 0 radical (unpaired) electrons. The van der Waals surface area contributed by atoms with E-state index in [1.54, 1.807) is 0 Å². The Bertz CT molecular complexity index is 316.